The summed E-state index contributed by atoms with van der Waals surface area (Å²) in [6, 6.07) is 51.9. The molecule has 0 N–H and O–H groups in total. The van der Waals surface area contributed by atoms with Crippen LogP contribution in [0.5, 0.6) is 0 Å². The summed E-state index contributed by atoms with van der Waals surface area (Å²) in [6.45, 7) is 6.42. The van der Waals surface area contributed by atoms with Crippen molar-refractivity contribution in [1.29, 1.82) is 0 Å². The molecule has 0 aromatic heterocycles. The van der Waals surface area contributed by atoms with Crippen molar-refractivity contribution in [2.45, 2.75) is 20.8 Å². The van der Waals surface area contributed by atoms with Crippen molar-refractivity contribution in [1.82, 2.24) is 0 Å². The van der Waals surface area contributed by atoms with Crippen LogP contribution in [0.15, 0.2) is 146 Å². The Morgan fingerprint density at radius 3 is 1.30 bits per heavy atom. The number of halogens is 2. The largest absolute Gasteiger partial charge is 1.00 e. The quantitative estimate of drug-likeness (QED) is 0.195. The molecule has 0 nitrogen and oxygen atoms in total. The molecule has 43 heavy (non-hydrogen) atoms. The van der Waals surface area contributed by atoms with Gasteiger partial charge in [0.05, 0.1) is 0 Å². The van der Waals surface area contributed by atoms with E-state index in [4.69, 9.17) is 0 Å². The molecule has 0 saturated heterocycles. The van der Waals surface area contributed by atoms with E-state index < -0.39 is 0 Å². The fraction of sp³-hybridized carbons (Fsp3) is 0.0769. The van der Waals surface area contributed by atoms with Crippen LogP contribution in [0.3, 0.4) is 0 Å². The minimum atomic E-state index is 0. The molecule has 0 unspecified atom stereocenters. The van der Waals surface area contributed by atoms with Crippen LogP contribution in [0, 0.1) is 20.8 Å². The molecule has 0 aliphatic rings. The molecular weight excluding hydrogens is 659 g/mol. The van der Waals surface area contributed by atoms with Gasteiger partial charge in [-0.3, -0.25) is 0 Å². The van der Waals surface area contributed by atoms with Gasteiger partial charge in [-0.25, -0.2) is 0 Å². The maximum atomic E-state index is 2.26. The monoisotopic (exact) mass is 689 g/mol. The van der Waals surface area contributed by atoms with Gasteiger partial charge >= 0.3 is 71.4 Å². The molecular formula is C39H33Cl2SiZr-2. The fourth-order valence-electron chi connectivity index (χ4n) is 5.15. The van der Waals surface area contributed by atoms with Gasteiger partial charge < -0.3 is 24.8 Å². The number of fused-ring (bicyclic) bond motifs is 2. The maximum Gasteiger partial charge on any atom is -1.00 e. The van der Waals surface area contributed by atoms with Crippen molar-refractivity contribution in [2.75, 3.05) is 0 Å². The van der Waals surface area contributed by atoms with E-state index in [2.05, 4.69) is 166 Å². The van der Waals surface area contributed by atoms with E-state index >= 15 is 0 Å². The third-order valence-corrected chi connectivity index (χ3v) is 9.91. The molecule has 0 atom stereocenters. The topological polar surface area (TPSA) is 0 Å². The number of hydrogen-bond acceptors (Lipinski definition) is 0. The number of hydrogen-bond donors (Lipinski definition) is 0. The van der Waals surface area contributed by atoms with Crippen molar-refractivity contribution in [2.24, 2.45) is 0 Å². The summed E-state index contributed by atoms with van der Waals surface area (Å²) in [5, 5.41) is 6.86. The molecule has 0 spiro atoms. The second kappa shape index (κ2) is 16.7. The van der Waals surface area contributed by atoms with Gasteiger partial charge in [-0.1, -0.05) is 97.8 Å². The van der Waals surface area contributed by atoms with Crippen LogP contribution in [0.4, 0.5) is 0 Å². The smallest absolute Gasteiger partial charge is 1.00 e. The summed E-state index contributed by atoms with van der Waals surface area (Å²) in [5.41, 5.74) is 9.25. The molecule has 7 rings (SSSR count). The minimum Gasteiger partial charge on any atom is -1.00 e. The van der Waals surface area contributed by atoms with E-state index in [1.54, 1.807) is 23.3 Å². The van der Waals surface area contributed by atoms with E-state index in [-0.39, 0.29) is 24.8 Å². The zero-order valence-corrected chi connectivity index (χ0v) is 29.6. The van der Waals surface area contributed by atoms with E-state index in [9.17, 15) is 0 Å². The van der Waals surface area contributed by atoms with E-state index in [0.29, 0.717) is 0 Å². The Bertz CT molecular complexity index is 1750. The normalized spacial score (nSPS) is 9.98. The van der Waals surface area contributed by atoms with E-state index in [1.165, 1.54) is 65.7 Å². The third kappa shape index (κ3) is 9.01. The third-order valence-electron chi connectivity index (χ3n) is 7.16. The van der Waals surface area contributed by atoms with Crippen molar-refractivity contribution in [3.05, 3.63) is 162 Å². The first kappa shape index (κ1) is 34.5. The first-order valence-electron chi connectivity index (χ1n) is 13.9. The maximum absolute atomic E-state index is 2.26. The molecule has 0 fully saturated rings. The van der Waals surface area contributed by atoms with Gasteiger partial charge in [0.2, 0.25) is 0 Å². The van der Waals surface area contributed by atoms with Gasteiger partial charge in [0, 0.05) is 0 Å². The van der Waals surface area contributed by atoms with Crippen molar-refractivity contribution in [3.63, 3.8) is 0 Å². The average molecular weight is 692 g/mol. The molecule has 0 amide bonds. The summed E-state index contributed by atoms with van der Waals surface area (Å²) in [5.74, 6) is 0. The molecule has 0 aliphatic heterocycles. The molecule has 0 saturated carbocycles. The second-order valence-electron chi connectivity index (χ2n) is 10.4. The van der Waals surface area contributed by atoms with Crippen LogP contribution in [0.2, 0.25) is 0 Å². The Morgan fingerprint density at radius 2 is 0.907 bits per heavy atom. The van der Waals surface area contributed by atoms with Crippen LogP contribution in [0.1, 0.15) is 16.7 Å². The van der Waals surface area contributed by atoms with Gasteiger partial charge in [0.1, 0.15) is 0 Å². The van der Waals surface area contributed by atoms with Gasteiger partial charge in [0.15, 0.2) is 0 Å². The second-order valence-corrected chi connectivity index (χ2v) is 13.1. The molecule has 0 heterocycles. The number of benzene rings is 5. The van der Waals surface area contributed by atoms with Gasteiger partial charge in [0.25, 0.3) is 0 Å². The van der Waals surface area contributed by atoms with Crippen LogP contribution in [-0.4, -0.2) is 6.16 Å². The molecule has 7 aromatic carbocycles. The zero-order chi connectivity index (χ0) is 28.6. The molecule has 0 bridgehead atoms. The summed E-state index contributed by atoms with van der Waals surface area (Å²) in [4.78, 5) is 0. The van der Waals surface area contributed by atoms with Gasteiger partial charge in [-0.05, 0) is 11.1 Å². The summed E-state index contributed by atoms with van der Waals surface area (Å²) >= 11 is 1.62. The van der Waals surface area contributed by atoms with Crippen LogP contribution in [-0.2, 0) is 23.3 Å². The Balaban J connectivity index is 0.000000180. The Kier molecular flexibility index (Phi) is 13.4. The molecule has 213 valence electrons. The Morgan fingerprint density at radius 1 is 0.488 bits per heavy atom. The van der Waals surface area contributed by atoms with Crippen molar-refractivity contribution < 1.29 is 48.1 Å². The van der Waals surface area contributed by atoms with Crippen LogP contribution < -0.4 is 30.0 Å². The first-order valence-corrected chi connectivity index (χ1v) is 18.6. The summed E-state index contributed by atoms with van der Waals surface area (Å²) in [7, 11) is 0. The molecule has 4 heteroatoms. The molecule has 1 radical (unpaired) electrons. The molecule has 7 aromatic rings. The van der Waals surface area contributed by atoms with Crippen molar-refractivity contribution >= 4 is 32.9 Å². The van der Waals surface area contributed by atoms with E-state index in [1.807, 2.05) is 0 Å². The predicted octanol–water partition coefficient (Wildman–Crippen LogP) is 3.86. The summed E-state index contributed by atoms with van der Waals surface area (Å²) in [6.07, 6.45) is 1.02. The average Bonchev–Trinajstić information content (AvgIpc) is 3.59. The first-order chi connectivity index (χ1) is 20.0. The SMILES string of the molecule is Cc1cc2c(-c3ccccc3)cccc2[cH-]1.Cc1cc2c(-c3ccccc3)cccc2[cH-]1.Cc1ccc([Si]=[Zr+2])cc1.[Cl-].[Cl-]. The van der Waals surface area contributed by atoms with E-state index in [0.717, 1.165) is 6.16 Å². The fourth-order valence-corrected chi connectivity index (χ4v) is 6.71. The predicted molar refractivity (Wildman–Crippen MR) is 176 cm³/mol. The van der Waals surface area contributed by atoms with Gasteiger partial charge in [-0.2, -0.15) is 12.1 Å². The summed E-state index contributed by atoms with van der Waals surface area (Å²) < 4.78 is 0. The van der Waals surface area contributed by atoms with Crippen LogP contribution in [0.25, 0.3) is 43.8 Å². The zero-order valence-electron chi connectivity index (χ0n) is 24.6. The Hall–Kier alpha value is -3.00. The number of aryl methyl sites for hydroxylation is 3. The number of rotatable bonds is 3. The van der Waals surface area contributed by atoms with Gasteiger partial charge in [-0.15, -0.1) is 69.1 Å². The Labute approximate surface area is 284 Å². The van der Waals surface area contributed by atoms with Crippen LogP contribution >= 0.6 is 0 Å². The standard InChI is InChI=1S/2C16H13.C7H7Si.2ClH.Zr/c2*1-12-10-14-8-5-9-15(16(14)11-12)13-6-3-2-4-7-13;1-6-2-4-7(8)5-3-6;;;/h2*2-11H,1H3;2-5H,1H3;2*1H;/q2*-1;;;;+2/p-2. The van der Waals surface area contributed by atoms with Crippen molar-refractivity contribution in [3.8, 4) is 22.3 Å². The minimum absolute atomic E-state index is 0. The molecule has 0 aliphatic carbocycles.